The summed E-state index contributed by atoms with van der Waals surface area (Å²) in [6.45, 7) is 5.35. The van der Waals surface area contributed by atoms with Gasteiger partial charge >= 0.3 is 12.1 Å². The Hall–Kier alpha value is -1.56. The summed E-state index contributed by atoms with van der Waals surface area (Å²) in [5.41, 5.74) is 0.406. The quantitative estimate of drug-likeness (QED) is 0.871. The first-order valence-corrected chi connectivity index (χ1v) is 7.35. The molecule has 2 atom stereocenters. The summed E-state index contributed by atoms with van der Waals surface area (Å²) in [6, 6.07) is 0.0202. The first-order valence-electron chi connectivity index (χ1n) is 6.90. The predicted octanol–water partition coefficient (Wildman–Crippen LogP) is 2.96. The molecule has 6 heteroatoms. The number of hydrogen-bond acceptors (Lipinski definition) is 4. The number of carbonyl (C=O) groups is 2. The maximum atomic E-state index is 12.1. The summed E-state index contributed by atoms with van der Waals surface area (Å²) in [7, 11) is 0. The van der Waals surface area contributed by atoms with Crippen molar-refractivity contribution >= 4 is 23.4 Å². The molecule has 1 aliphatic rings. The minimum Gasteiger partial charge on any atom is -0.465 e. The van der Waals surface area contributed by atoms with Crippen LogP contribution >= 0.6 is 11.3 Å². The van der Waals surface area contributed by atoms with E-state index in [0.29, 0.717) is 6.42 Å². The third-order valence-electron chi connectivity index (χ3n) is 3.16. The lowest BCUT2D eigenvalue weighted by Crippen LogP contribution is -2.47. The summed E-state index contributed by atoms with van der Waals surface area (Å²) in [6.07, 6.45) is -1.70. The highest BCUT2D eigenvalue weighted by molar-refractivity contribution is 7.07. The van der Waals surface area contributed by atoms with Crippen LogP contribution in [0.4, 0.5) is 4.79 Å². The van der Waals surface area contributed by atoms with Gasteiger partial charge in [0.2, 0.25) is 0 Å². The normalized spacial score (nSPS) is 27.4. The Balaban J connectivity index is 2.26. The Morgan fingerprint density at radius 1 is 1.60 bits per heavy atom. The minimum atomic E-state index is -1.88. The van der Waals surface area contributed by atoms with E-state index < -0.39 is 29.7 Å². The van der Waals surface area contributed by atoms with Crippen molar-refractivity contribution in [2.75, 3.05) is 0 Å². The summed E-state index contributed by atoms with van der Waals surface area (Å²) in [5, 5.41) is 13.3. The average molecular weight is 298 g/mol. The molecule has 1 fully saturated rings. The summed E-state index contributed by atoms with van der Waals surface area (Å²) in [5.74, 6) is -0.792. The van der Waals surface area contributed by atoms with Crippen LogP contribution in [-0.2, 0) is 16.0 Å². The second-order valence-electron chi connectivity index (χ2n) is 5.85. The zero-order valence-corrected chi connectivity index (χ0v) is 12.6. The third kappa shape index (κ3) is 2.95. The Morgan fingerprint density at radius 3 is 2.80 bits per heavy atom. The minimum absolute atomic E-state index is 0.0848. The lowest BCUT2D eigenvalue weighted by atomic mass is 9.93. The standard InChI is InChI=1S/C14H19NO4S/c1-14(2,3)12-15(13(17)18)10(11(16)19-12)5-4-9-6-7-20-8-9/h6-8,10,12H,4-5H2,1-3H3,(H,17,18)/t10-,12+/m0/s1/i10D. The van der Waals surface area contributed by atoms with Crippen LogP contribution in [0.2, 0.25) is 0 Å². The molecule has 0 aromatic carbocycles. The van der Waals surface area contributed by atoms with Crippen molar-refractivity contribution in [3.05, 3.63) is 22.4 Å². The fraction of sp³-hybridized carbons (Fsp3) is 0.571. The van der Waals surface area contributed by atoms with Gasteiger partial charge in [0.25, 0.3) is 0 Å². The van der Waals surface area contributed by atoms with Gasteiger partial charge in [0.05, 0.1) is 1.37 Å². The first kappa shape index (κ1) is 13.4. The number of esters is 1. The monoisotopic (exact) mass is 298 g/mol. The molecule has 1 aromatic heterocycles. The molecule has 5 nitrogen and oxygen atoms in total. The van der Waals surface area contributed by atoms with Crippen LogP contribution in [0.1, 0.15) is 34.1 Å². The van der Waals surface area contributed by atoms with Crippen molar-refractivity contribution in [2.45, 2.75) is 45.9 Å². The summed E-state index contributed by atoms with van der Waals surface area (Å²) in [4.78, 5) is 24.5. The topological polar surface area (TPSA) is 66.8 Å². The molecule has 0 bridgehead atoms. The molecule has 1 amide bonds. The zero-order chi connectivity index (χ0) is 15.8. The number of hydrogen-bond donors (Lipinski definition) is 1. The Morgan fingerprint density at radius 2 is 2.30 bits per heavy atom. The smallest absolute Gasteiger partial charge is 0.410 e. The number of ether oxygens (including phenoxy) is 1. The van der Waals surface area contributed by atoms with E-state index in [1.165, 1.54) is 11.3 Å². The van der Waals surface area contributed by atoms with Gasteiger partial charge < -0.3 is 9.84 Å². The Bertz CT molecular complexity index is 540. The number of amides is 1. The van der Waals surface area contributed by atoms with Gasteiger partial charge in [0.15, 0.2) is 6.23 Å². The van der Waals surface area contributed by atoms with Crippen LogP contribution in [0.3, 0.4) is 0 Å². The van der Waals surface area contributed by atoms with Crippen LogP contribution in [0.15, 0.2) is 16.8 Å². The Labute approximate surface area is 123 Å². The number of rotatable bonds is 3. The van der Waals surface area contributed by atoms with Gasteiger partial charge in [-0.25, -0.2) is 9.59 Å². The van der Waals surface area contributed by atoms with Gasteiger partial charge in [-0.1, -0.05) is 20.8 Å². The number of cyclic esters (lactones) is 1. The summed E-state index contributed by atoms with van der Waals surface area (Å²) < 4.78 is 13.6. The van der Waals surface area contributed by atoms with E-state index in [0.717, 1.165) is 10.5 Å². The zero-order valence-electron chi connectivity index (χ0n) is 12.8. The van der Waals surface area contributed by atoms with Gasteiger partial charge in [0.1, 0.15) is 6.02 Å². The van der Waals surface area contributed by atoms with Gasteiger partial charge in [0, 0.05) is 5.41 Å². The number of thiophene rings is 1. The molecule has 2 heterocycles. The molecule has 1 saturated heterocycles. The molecule has 1 aliphatic heterocycles. The predicted molar refractivity (Wildman–Crippen MR) is 75.6 cm³/mol. The average Bonchev–Trinajstić information content (AvgIpc) is 2.94. The van der Waals surface area contributed by atoms with E-state index in [1.807, 2.05) is 16.8 Å². The van der Waals surface area contributed by atoms with Crippen molar-refractivity contribution in [3.8, 4) is 0 Å². The van der Waals surface area contributed by atoms with Gasteiger partial charge in [-0.15, -0.1) is 0 Å². The van der Waals surface area contributed by atoms with E-state index in [2.05, 4.69) is 0 Å². The van der Waals surface area contributed by atoms with Crippen LogP contribution in [-0.4, -0.2) is 34.3 Å². The van der Waals surface area contributed by atoms with Crippen LogP contribution in [0.5, 0.6) is 0 Å². The van der Waals surface area contributed by atoms with Crippen LogP contribution in [0.25, 0.3) is 0 Å². The molecule has 2 rings (SSSR count). The first-order chi connectivity index (χ1) is 9.66. The fourth-order valence-electron chi connectivity index (χ4n) is 2.16. The number of carboxylic acid groups (broad SMARTS) is 1. The second-order valence-corrected chi connectivity index (χ2v) is 6.63. The maximum absolute atomic E-state index is 12.1. The van der Waals surface area contributed by atoms with Crippen molar-refractivity contribution < 1.29 is 20.8 Å². The molecule has 0 radical (unpaired) electrons. The number of aryl methyl sites for hydroxylation is 1. The highest BCUT2D eigenvalue weighted by Gasteiger charge is 2.49. The highest BCUT2D eigenvalue weighted by Crippen LogP contribution is 2.34. The van der Waals surface area contributed by atoms with Crippen molar-refractivity contribution in [1.29, 1.82) is 0 Å². The van der Waals surface area contributed by atoms with Gasteiger partial charge in [-0.05, 0) is 35.2 Å². The molecule has 1 N–H and O–H groups in total. The lowest BCUT2D eigenvalue weighted by Gasteiger charge is -2.32. The van der Waals surface area contributed by atoms with Crippen molar-refractivity contribution in [2.24, 2.45) is 5.41 Å². The maximum Gasteiger partial charge on any atom is 0.410 e. The second kappa shape index (κ2) is 5.44. The van der Waals surface area contributed by atoms with E-state index in [-0.39, 0.29) is 6.42 Å². The molecule has 0 saturated carbocycles. The molecular formula is C14H19NO4S. The molecular weight excluding hydrogens is 278 g/mol. The number of nitrogens with zero attached hydrogens (tertiary/aromatic N) is 1. The molecule has 20 heavy (non-hydrogen) atoms. The summed E-state index contributed by atoms with van der Waals surface area (Å²) >= 11 is 1.53. The van der Waals surface area contributed by atoms with E-state index in [9.17, 15) is 14.7 Å². The van der Waals surface area contributed by atoms with E-state index in [1.54, 1.807) is 20.8 Å². The molecule has 0 unspecified atom stereocenters. The van der Waals surface area contributed by atoms with Crippen LogP contribution in [0, 0.1) is 5.41 Å². The highest BCUT2D eigenvalue weighted by atomic mass is 32.1. The van der Waals surface area contributed by atoms with Crippen molar-refractivity contribution in [3.63, 3.8) is 0 Å². The molecule has 1 aromatic rings. The van der Waals surface area contributed by atoms with Crippen molar-refractivity contribution in [1.82, 2.24) is 4.90 Å². The third-order valence-corrected chi connectivity index (χ3v) is 3.89. The van der Waals surface area contributed by atoms with E-state index >= 15 is 0 Å². The Kier molecular flexibility index (Phi) is 3.65. The van der Waals surface area contributed by atoms with Crippen LogP contribution < -0.4 is 0 Å². The van der Waals surface area contributed by atoms with Gasteiger partial charge in [-0.2, -0.15) is 11.3 Å². The lowest BCUT2D eigenvalue weighted by molar-refractivity contribution is -0.147. The fourth-order valence-corrected chi connectivity index (χ4v) is 2.87. The molecule has 0 spiro atoms. The van der Waals surface area contributed by atoms with Gasteiger partial charge in [-0.3, -0.25) is 4.90 Å². The largest absolute Gasteiger partial charge is 0.465 e. The molecule has 110 valence electrons. The molecule has 0 aliphatic carbocycles. The van der Waals surface area contributed by atoms with E-state index in [4.69, 9.17) is 6.11 Å². The number of carbonyl (C=O) groups excluding carboxylic acids is 1. The SMILES string of the molecule is [2H][C@]1(CCc2ccsc2)C(=O)O[C@H](C(C)(C)C)N1C(=O)O.